The van der Waals surface area contributed by atoms with E-state index in [-0.39, 0.29) is 0 Å². The molecule has 0 atom stereocenters. The lowest BCUT2D eigenvalue weighted by Crippen LogP contribution is -1.66. The van der Waals surface area contributed by atoms with Crippen molar-refractivity contribution >= 4 is 12.2 Å². The van der Waals surface area contributed by atoms with Gasteiger partial charge in [0.25, 0.3) is 0 Å². The molecule has 2 aromatic heterocycles. The molecule has 0 aliphatic heterocycles. The minimum atomic E-state index is 1.07. The van der Waals surface area contributed by atoms with Crippen molar-refractivity contribution in [2.24, 2.45) is 0 Å². The molecule has 0 radical (unpaired) electrons. The van der Waals surface area contributed by atoms with Crippen LogP contribution in [0.4, 0.5) is 0 Å². The fourth-order valence-corrected chi connectivity index (χ4v) is 0.986. The summed E-state index contributed by atoms with van der Waals surface area (Å²) >= 11 is 0. The number of aromatic nitrogens is 3. The van der Waals surface area contributed by atoms with Crippen LogP contribution in [0.5, 0.6) is 0 Å². The Labute approximate surface area is 70.1 Å². The molecule has 0 fully saturated rings. The molecule has 2 aromatic rings. The molecule has 0 bridgehead atoms. The zero-order chi connectivity index (χ0) is 8.23. The molecular formula is C9H9N3. The van der Waals surface area contributed by atoms with Crippen LogP contribution < -0.4 is 0 Å². The van der Waals surface area contributed by atoms with Gasteiger partial charge in [0.15, 0.2) is 0 Å². The Kier molecular flexibility index (Phi) is 1.78. The van der Waals surface area contributed by atoms with Gasteiger partial charge in [-0.2, -0.15) is 5.10 Å². The van der Waals surface area contributed by atoms with Gasteiger partial charge in [-0.05, 0) is 24.3 Å². The van der Waals surface area contributed by atoms with Gasteiger partial charge in [-0.25, -0.2) is 0 Å². The van der Waals surface area contributed by atoms with Gasteiger partial charge >= 0.3 is 0 Å². The Morgan fingerprint density at radius 3 is 3.00 bits per heavy atom. The Balaban J connectivity index is 2.14. The Morgan fingerprint density at radius 2 is 2.33 bits per heavy atom. The van der Waals surface area contributed by atoms with Gasteiger partial charge in [0.1, 0.15) is 0 Å². The molecule has 3 nitrogen and oxygen atoms in total. The summed E-state index contributed by atoms with van der Waals surface area (Å²) in [6.07, 6.45) is 9.52. The zero-order valence-electron chi connectivity index (χ0n) is 6.49. The maximum Gasteiger partial charge on any atom is 0.0559 e. The molecule has 0 amide bonds. The Morgan fingerprint density at radius 1 is 1.33 bits per heavy atom. The summed E-state index contributed by atoms with van der Waals surface area (Å²) in [6.45, 7) is 0. The predicted octanol–water partition coefficient (Wildman–Crippen LogP) is 1.91. The van der Waals surface area contributed by atoms with Crippen LogP contribution in [-0.2, 0) is 0 Å². The molecule has 0 aliphatic rings. The molecule has 0 saturated carbocycles. The molecular weight excluding hydrogens is 150 g/mol. The van der Waals surface area contributed by atoms with Crippen LogP contribution in [0.25, 0.3) is 12.2 Å². The van der Waals surface area contributed by atoms with Gasteiger partial charge in [-0.15, -0.1) is 0 Å². The third kappa shape index (κ3) is 1.45. The van der Waals surface area contributed by atoms with Crippen LogP contribution in [0.3, 0.4) is 0 Å². The van der Waals surface area contributed by atoms with Crippen molar-refractivity contribution in [1.29, 1.82) is 0 Å². The van der Waals surface area contributed by atoms with Gasteiger partial charge in [0, 0.05) is 23.7 Å². The largest absolute Gasteiger partial charge is 0.362 e. The standard InChI is InChI=1S/C9H9N3/c1-2-9(10-5-1)4-3-8-6-11-12-7-8/h1-7,10H,(H,11,12). The second-order valence-electron chi connectivity index (χ2n) is 2.49. The zero-order valence-corrected chi connectivity index (χ0v) is 6.49. The third-order valence-electron chi connectivity index (χ3n) is 1.60. The maximum atomic E-state index is 3.84. The van der Waals surface area contributed by atoms with Gasteiger partial charge < -0.3 is 4.98 Å². The first-order chi connectivity index (χ1) is 5.95. The molecule has 0 aromatic carbocycles. The lowest BCUT2D eigenvalue weighted by atomic mass is 10.3. The van der Waals surface area contributed by atoms with E-state index >= 15 is 0 Å². The molecule has 2 N–H and O–H groups in total. The second kappa shape index (κ2) is 3.09. The molecule has 0 aliphatic carbocycles. The van der Waals surface area contributed by atoms with Gasteiger partial charge in [0.05, 0.1) is 6.20 Å². The summed E-state index contributed by atoms with van der Waals surface area (Å²) in [4.78, 5) is 3.08. The minimum Gasteiger partial charge on any atom is -0.362 e. The summed E-state index contributed by atoms with van der Waals surface area (Å²) in [5.41, 5.74) is 2.17. The third-order valence-corrected chi connectivity index (χ3v) is 1.60. The summed E-state index contributed by atoms with van der Waals surface area (Å²) in [7, 11) is 0. The van der Waals surface area contributed by atoms with Gasteiger partial charge in [-0.3, -0.25) is 5.10 Å². The number of nitrogens with one attached hydrogen (secondary N) is 2. The summed E-state index contributed by atoms with van der Waals surface area (Å²) in [6, 6.07) is 3.98. The van der Waals surface area contributed by atoms with Crippen LogP contribution in [0.2, 0.25) is 0 Å². The first-order valence-corrected chi connectivity index (χ1v) is 3.75. The highest BCUT2D eigenvalue weighted by Gasteiger charge is 1.86. The van der Waals surface area contributed by atoms with Crippen LogP contribution in [0.15, 0.2) is 30.7 Å². The van der Waals surface area contributed by atoms with Crippen LogP contribution in [-0.4, -0.2) is 15.2 Å². The van der Waals surface area contributed by atoms with Crippen molar-refractivity contribution in [2.45, 2.75) is 0 Å². The van der Waals surface area contributed by atoms with E-state index in [1.807, 2.05) is 36.7 Å². The van der Waals surface area contributed by atoms with Crippen molar-refractivity contribution in [3.05, 3.63) is 42.0 Å². The molecule has 0 saturated heterocycles. The van der Waals surface area contributed by atoms with Crippen molar-refractivity contribution in [2.75, 3.05) is 0 Å². The fourth-order valence-electron chi connectivity index (χ4n) is 0.986. The average molecular weight is 159 g/mol. The van der Waals surface area contributed by atoms with Crippen molar-refractivity contribution < 1.29 is 0 Å². The van der Waals surface area contributed by atoms with E-state index in [1.54, 1.807) is 6.20 Å². The van der Waals surface area contributed by atoms with E-state index in [0.717, 1.165) is 11.3 Å². The monoisotopic (exact) mass is 159 g/mol. The number of aromatic amines is 2. The Hall–Kier alpha value is -1.77. The molecule has 2 rings (SSSR count). The van der Waals surface area contributed by atoms with Crippen LogP contribution in [0, 0.1) is 0 Å². The van der Waals surface area contributed by atoms with E-state index in [2.05, 4.69) is 15.2 Å². The lowest BCUT2D eigenvalue weighted by Gasteiger charge is -1.83. The van der Waals surface area contributed by atoms with Crippen molar-refractivity contribution in [3.8, 4) is 0 Å². The predicted molar refractivity (Wildman–Crippen MR) is 48.3 cm³/mol. The van der Waals surface area contributed by atoms with Gasteiger partial charge in [0.2, 0.25) is 0 Å². The number of hydrogen-bond donors (Lipinski definition) is 2. The van der Waals surface area contributed by atoms with E-state index in [0.29, 0.717) is 0 Å². The minimum absolute atomic E-state index is 1.07. The van der Waals surface area contributed by atoms with E-state index in [9.17, 15) is 0 Å². The quantitative estimate of drug-likeness (QED) is 0.690. The highest BCUT2D eigenvalue weighted by atomic mass is 15.1. The number of H-pyrrole nitrogens is 2. The van der Waals surface area contributed by atoms with Crippen molar-refractivity contribution in [1.82, 2.24) is 15.2 Å². The molecule has 2 heterocycles. The molecule has 12 heavy (non-hydrogen) atoms. The topological polar surface area (TPSA) is 44.5 Å². The summed E-state index contributed by atoms with van der Waals surface area (Å²) in [5, 5.41) is 6.58. The normalized spacial score (nSPS) is 11.0. The number of rotatable bonds is 2. The highest BCUT2D eigenvalue weighted by molar-refractivity contribution is 5.67. The maximum absolute atomic E-state index is 3.84. The summed E-state index contributed by atoms with van der Waals surface area (Å²) < 4.78 is 0. The highest BCUT2D eigenvalue weighted by Crippen LogP contribution is 2.03. The van der Waals surface area contributed by atoms with Crippen LogP contribution >= 0.6 is 0 Å². The smallest absolute Gasteiger partial charge is 0.0559 e. The van der Waals surface area contributed by atoms with Crippen molar-refractivity contribution in [3.63, 3.8) is 0 Å². The second-order valence-corrected chi connectivity index (χ2v) is 2.49. The summed E-state index contributed by atoms with van der Waals surface area (Å²) in [5.74, 6) is 0. The molecule has 3 heteroatoms. The molecule has 60 valence electrons. The fraction of sp³-hybridized carbons (Fsp3) is 0. The first kappa shape index (κ1) is 6.91. The van der Waals surface area contributed by atoms with E-state index in [1.165, 1.54) is 0 Å². The number of hydrogen-bond acceptors (Lipinski definition) is 1. The van der Waals surface area contributed by atoms with E-state index < -0.39 is 0 Å². The van der Waals surface area contributed by atoms with Gasteiger partial charge in [-0.1, -0.05) is 0 Å². The molecule has 0 unspecified atom stereocenters. The molecule has 0 spiro atoms. The lowest BCUT2D eigenvalue weighted by molar-refractivity contribution is 1.09. The van der Waals surface area contributed by atoms with E-state index in [4.69, 9.17) is 0 Å². The van der Waals surface area contributed by atoms with Crippen LogP contribution in [0.1, 0.15) is 11.3 Å². The average Bonchev–Trinajstić information content (AvgIpc) is 2.74. The SMILES string of the molecule is C(=Cc1ccc[nH]1)c1cn[nH]c1. The Bertz CT molecular complexity index is 307. The number of nitrogens with zero attached hydrogens (tertiary/aromatic N) is 1. The first-order valence-electron chi connectivity index (χ1n) is 3.75.